The number of fused-ring (bicyclic) bond motifs is 2. The van der Waals surface area contributed by atoms with Crippen molar-refractivity contribution in [1.82, 2.24) is 20.3 Å². The molecule has 0 spiro atoms. The molecule has 2 aromatic rings. The first-order valence-electron chi connectivity index (χ1n) is 20.5. The highest BCUT2D eigenvalue weighted by Crippen LogP contribution is 2.29. The van der Waals surface area contributed by atoms with Gasteiger partial charge >= 0.3 is 0 Å². The second-order valence-electron chi connectivity index (χ2n) is 17.7. The van der Waals surface area contributed by atoms with Crippen molar-refractivity contribution >= 4 is 58.9 Å². The second kappa shape index (κ2) is 22.8. The third kappa shape index (κ3) is 16.4. The van der Waals surface area contributed by atoms with E-state index in [0.717, 1.165) is 56.8 Å². The molecule has 7 rings (SSSR count). The van der Waals surface area contributed by atoms with E-state index in [1.165, 1.54) is 14.2 Å². The van der Waals surface area contributed by atoms with E-state index in [1.807, 2.05) is 47.4 Å². The fourth-order valence-electron chi connectivity index (χ4n) is 5.75. The van der Waals surface area contributed by atoms with E-state index in [1.54, 1.807) is 41.5 Å². The van der Waals surface area contributed by atoms with Crippen LogP contribution in [0.15, 0.2) is 72.8 Å². The van der Waals surface area contributed by atoms with Gasteiger partial charge in [-0.05, 0) is 70.7 Å². The fraction of sp³-hybridized carbons (Fsp3) is 0.426. The van der Waals surface area contributed by atoms with E-state index in [0.29, 0.717) is 23.1 Å². The molecule has 0 atom stereocenters. The average molecular weight is 900 g/mol. The van der Waals surface area contributed by atoms with Crippen LogP contribution in [-0.4, -0.2) is 98.8 Å². The summed E-state index contributed by atoms with van der Waals surface area (Å²) >= 11 is 0. The highest BCUT2D eigenvalue weighted by atomic mass is 16.7. The largest absolute Gasteiger partial charge is 0.307 e. The van der Waals surface area contributed by atoms with Crippen LogP contribution in [0.2, 0.25) is 0 Å². The zero-order chi connectivity index (χ0) is 48.9. The molecule has 5 heterocycles. The molecule has 2 saturated heterocycles. The molecule has 0 saturated carbocycles. The van der Waals surface area contributed by atoms with E-state index in [-0.39, 0.29) is 60.6 Å². The highest BCUT2D eigenvalue weighted by molar-refractivity contribution is 6.12. The molecule has 0 bridgehead atoms. The Balaban J connectivity index is 0.000000229. The number of anilines is 1. The molecule has 2 aromatic carbocycles. The zero-order valence-electron chi connectivity index (χ0n) is 38.7. The van der Waals surface area contributed by atoms with E-state index >= 15 is 0 Å². The third-order valence-electron chi connectivity index (χ3n) is 8.50. The van der Waals surface area contributed by atoms with Gasteiger partial charge in [-0.25, -0.2) is 0 Å². The van der Waals surface area contributed by atoms with Crippen LogP contribution < -0.4 is 4.90 Å². The number of benzene rings is 2. The van der Waals surface area contributed by atoms with E-state index < -0.39 is 34.8 Å². The first-order valence-corrected chi connectivity index (χ1v) is 20.5. The Bertz CT molecular complexity index is 2130. The second-order valence-corrected chi connectivity index (χ2v) is 17.7. The standard InChI is InChI=1S/C21H21NO.2C8H13NO3.2C5H5NO3/c1-21(2,3)14-20(23)22-15-18-10-5-4-8-16(18)12-13-17-9-6-7-11-19(17)22;2*1-8(2,3)12-9-6(10)4-5-7(9)11;2*1-9-6-4(7)2-3-5(6)8/h4-11H,14-15H2,1-3H3;2*4-5H2,1-3H3;2*2-3H,1H3. The molecule has 18 nitrogen and oxygen atoms in total. The number of imide groups is 4. The summed E-state index contributed by atoms with van der Waals surface area (Å²) < 4.78 is 0. The minimum atomic E-state index is -0.490. The van der Waals surface area contributed by atoms with Gasteiger partial charge in [0.25, 0.3) is 47.3 Å². The predicted octanol–water partition coefficient (Wildman–Crippen LogP) is 5.05. The summed E-state index contributed by atoms with van der Waals surface area (Å²) in [5, 5.41) is 3.11. The van der Waals surface area contributed by atoms with Crippen LogP contribution >= 0.6 is 0 Å². The molecule has 65 heavy (non-hydrogen) atoms. The lowest BCUT2D eigenvalue weighted by atomic mass is 9.91. The van der Waals surface area contributed by atoms with Crippen molar-refractivity contribution in [1.29, 1.82) is 0 Å². The summed E-state index contributed by atoms with van der Waals surface area (Å²) in [4.78, 5) is 120. The Morgan fingerprint density at radius 3 is 1.23 bits per heavy atom. The van der Waals surface area contributed by atoms with Crippen molar-refractivity contribution < 1.29 is 62.5 Å². The molecule has 2 fully saturated rings. The van der Waals surface area contributed by atoms with Gasteiger partial charge in [0.1, 0.15) is 0 Å². The molecule has 9 amide bonds. The normalized spacial score (nSPS) is 16.6. The molecule has 348 valence electrons. The summed E-state index contributed by atoms with van der Waals surface area (Å²) in [5.41, 5.74) is 2.88. The predicted molar refractivity (Wildman–Crippen MR) is 234 cm³/mol. The van der Waals surface area contributed by atoms with Gasteiger partial charge in [-0.3, -0.25) is 62.5 Å². The Morgan fingerprint density at radius 1 is 0.523 bits per heavy atom. The summed E-state index contributed by atoms with van der Waals surface area (Å²) in [6, 6.07) is 16.0. The first-order chi connectivity index (χ1) is 30.2. The van der Waals surface area contributed by atoms with Crippen LogP contribution in [0.1, 0.15) is 111 Å². The fourth-order valence-corrected chi connectivity index (χ4v) is 5.75. The van der Waals surface area contributed by atoms with Crippen molar-refractivity contribution in [2.24, 2.45) is 5.41 Å². The number of hydroxylamine groups is 8. The topological polar surface area (TPSA) is 207 Å². The van der Waals surface area contributed by atoms with Gasteiger partial charge < -0.3 is 4.90 Å². The quantitative estimate of drug-likeness (QED) is 0.285. The molecule has 0 aliphatic carbocycles. The highest BCUT2D eigenvalue weighted by Gasteiger charge is 2.34. The maximum Gasteiger partial charge on any atom is 0.277 e. The molecule has 0 N–H and O–H groups in total. The molecule has 0 radical (unpaired) electrons. The lowest BCUT2D eigenvalue weighted by Crippen LogP contribution is -2.37. The van der Waals surface area contributed by atoms with Crippen molar-refractivity contribution in [3.63, 3.8) is 0 Å². The number of hydrogen-bond acceptors (Lipinski definition) is 13. The van der Waals surface area contributed by atoms with Crippen LogP contribution in [0.5, 0.6) is 0 Å². The minimum Gasteiger partial charge on any atom is -0.307 e. The number of para-hydroxylation sites is 1. The number of carbonyl (C=O) groups is 9. The summed E-state index contributed by atoms with van der Waals surface area (Å²) in [7, 11) is 2.53. The third-order valence-corrected chi connectivity index (χ3v) is 8.50. The maximum absolute atomic E-state index is 12.9. The van der Waals surface area contributed by atoms with E-state index in [9.17, 15) is 43.2 Å². The lowest BCUT2D eigenvalue weighted by molar-refractivity contribution is -0.219. The molecular formula is C47H57N5O13. The molecular weight excluding hydrogens is 843 g/mol. The van der Waals surface area contributed by atoms with Crippen LogP contribution in [0.4, 0.5) is 5.69 Å². The van der Waals surface area contributed by atoms with Gasteiger partial charge in [-0.15, -0.1) is 10.1 Å². The molecule has 0 unspecified atom stereocenters. The lowest BCUT2D eigenvalue weighted by Gasteiger charge is -2.29. The summed E-state index contributed by atoms with van der Waals surface area (Å²) in [5.74, 6) is 3.93. The molecule has 5 aliphatic rings. The molecule has 0 aromatic heterocycles. The Morgan fingerprint density at radius 2 is 0.877 bits per heavy atom. The zero-order valence-corrected chi connectivity index (χ0v) is 38.7. The van der Waals surface area contributed by atoms with Gasteiger partial charge in [0.15, 0.2) is 0 Å². The SMILES string of the molecule is CC(C)(C)CC(=O)N1Cc2ccccc2C#Cc2ccccc21.CC(C)(C)ON1C(=O)CCC1=O.CC(C)(C)ON1C(=O)CCC1=O.CON1C(=O)C=CC1=O.CON1C(=O)C=CC1=O. The maximum atomic E-state index is 12.9. The Kier molecular flexibility index (Phi) is 18.5. The number of nitrogens with zero attached hydrogens (tertiary/aromatic N) is 5. The minimum absolute atomic E-state index is 0.0421. The van der Waals surface area contributed by atoms with E-state index in [2.05, 4.69) is 48.4 Å². The van der Waals surface area contributed by atoms with Gasteiger partial charge in [0, 0.05) is 67.5 Å². The summed E-state index contributed by atoms with van der Waals surface area (Å²) in [6.45, 7) is 17.6. The van der Waals surface area contributed by atoms with Crippen molar-refractivity contribution in [2.75, 3.05) is 19.1 Å². The summed E-state index contributed by atoms with van der Waals surface area (Å²) in [6.07, 6.45) is 6.24. The van der Waals surface area contributed by atoms with Gasteiger partial charge in [-0.1, -0.05) is 62.9 Å². The number of amides is 9. The van der Waals surface area contributed by atoms with E-state index in [4.69, 9.17) is 9.68 Å². The van der Waals surface area contributed by atoms with Crippen LogP contribution in [-0.2, 0) is 69.0 Å². The van der Waals surface area contributed by atoms with Crippen LogP contribution in [0, 0.1) is 17.3 Å². The average Bonchev–Trinajstić information content (AvgIpc) is 3.92. The number of hydrogen-bond donors (Lipinski definition) is 0. The number of carbonyl (C=O) groups excluding carboxylic acids is 9. The number of rotatable bonds is 5. The van der Waals surface area contributed by atoms with Crippen molar-refractivity contribution in [3.8, 4) is 11.8 Å². The van der Waals surface area contributed by atoms with Gasteiger partial charge in [-0.2, -0.15) is 10.1 Å². The smallest absolute Gasteiger partial charge is 0.277 e. The first kappa shape index (κ1) is 52.7. The van der Waals surface area contributed by atoms with Crippen LogP contribution in [0.3, 0.4) is 0 Å². The van der Waals surface area contributed by atoms with Gasteiger partial charge in [0.05, 0.1) is 37.7 Å². The van der Waals surface area contributed by atoms with Gasteiger partial charge in [0.2, 0.25) is 5.91 Å². The molecule has 5 aliphatic heterocycles. The Labute approximate surface area is 378 Å². The monoisotopic (exact) mass is 899 g/mol. The van der Waals surface area contributed by atoms with Crippen molar-refractivity contribution in [2.45, 2.75) is 112 Å². The molecule has 18 heteroatoms. The Hall–Kier alpha value is -6.65. The van der Waals surface area contributed by atoms with Crippen LogP contribution in [0.25, 0.3) is 0 Å². The van der Waals surface area contributed by atoms with Crippen molar-refractivity contribution in [3.05, 3.63) is 89.5 Å².